The molecule has 0 bridgehead atoms. The zero-order valence-electron chi connectivity index (χ0n) is 8.86. The number of hydrogen-bond acceptors (Lipinski definition) is 3. The fraction of sp³-hybridized carbons (Fsp3) is 0.500. The molecule has 0 unspecified atom stereocenters. The molecule has 1 aromatic rings. The lowest BCUT2D eigenvalue weighted by atomic mass is 9.97. The van der Waals surface area contributed by atoms with Crippen LogP contribution in [0, 0.1) is 5.41 Å². The predicted octanol–water partition coefficient (Wildman–Crippen LogP) is 1.72. The molecule has 2 N–H and O–H groups in total. The fourth-order valence-corrected chi connectivity index (χ4v) is 1.79. The van der Waals surface area contributed by atoms with E-state index in [0.29, 0.717) is 5.75 Å². The molecule has 0 heterocycles. The van der Waals surface area contributed by atoms with Gasteiger partial charge in [0.05, 0.1) is 7.11 Å². The molecule has 0 saturated heterocycles. The van der Waals surface area contributed by atoms with E-state index in [9.17, 15) is 10.2 Å². The van der Waals surface area contributed by atoms with Gasteiger partial charge in [-0.2, -0.15) is 0 Å². The summed E-state index contributed by atoms with van der Waals surface area (Å²) in [5, 5.41) is 19.0. The summed E-state index contributed by atoms with van der Waals surface area (Å²) in [6.45, 7) is 0.207. The smallest absolute Gasteiger partial charge is 0.122 e. The lowest BCUT2D eigenvalue weighted by molar-refractivity contribution is 0.210. The number of phenolic OH excluding ortho intramolecular Hbond substituents is 1. The number of benzene rings is 1. The largest absolute Gasteiger partial charge is 0.508 e. The van der Waals surface area contributed by atoms with Crippen LogP contribution in [0.3, 0.4) is 0 Å². The van der Waals surface area contributed by atoms with Gasteiger partial charge in [-0.1, -0.05) is 6.07 Å². The van der Waals surface area contributed by atoms with Crippen LogP contribution in [-0.2, 0) is 6.42 Å². The van der Waals surface area contributed by atoms with E-state index in [1.807, 2.05) is 12.1 Å². The number of phenols is 1. The van der Waals surface area contributed by atoms with Crippen molar-refractivity contribution in [2.24, 2.45) is 5.41 Å². The van der Waals surface area contributed by atoms with Crippen LogP contribution in [0.4, 0.5) is 0 Å². The van der Waals surface area contributed by atoms with E-state index >= 15 is 0 Å². The van der Waals surface area contributed by atoms with Crippen LogP contribution < -0.4 is 4.74 Å². The molecule has 0 spiro atoms. The molecule has 1 aliphatic carbocycles. The van der Waals surface area contributed by atoms with Crippen molar-refractivity contribution >= 4 is 0 Å². The van der Waals surface area contributed by atoms with E-state index in [0.717, 1.165) is 24.8 Å². The fourth-order valence-electron chi connectivity index (χ4n) is 1.79. The van der Waals surface area contributed by atoms with Gasteiger partial charge in [0.25, 0.3) is 0 Å². The maximum absolute atomic E-state index is 9.75. The highest BCUT2D eigenvalue weighted by Gasteiger charge is 2.42. The summed E-state index contributed by atoms with van der Waals surface area (Å²) in [5.41, 5.74) is 0.925. The second-order valence-electron chi connectivity index (χ2n) is 4.33. The van der Waals surface area contributed by atoms with Gasteiger partial charge in [0, 0.05) is 12.7 Å². The number of methoxy groups -OCH3 is 1. The molecule has 2 rings (SSSR count). The van der Waals surface area contributed by atoms with Crippen molar-refractivity contribution in [3.63, 3.8) is 0 Å². The molecule has 3 nitrogen and oxygen atoms in total. The molecule has 3 heteroatoms. The minimum Gasteiger partial charge on any atom is -0.508 e. The molecule has 82 valence electrons. The van der Waals surface area contributed by atoms with Crippen LogP contribution in [-0.4, -0.2) is 23.9 Å². The topological polar surface area (TPSA) is 49.7 Å². The van der Waals surface area contributed by atoms with Crippen molar-refractivity contribution in [2.45, 2.75) is 19.3 Å². The third-order valence-corrected chi connectivity index (χ3v) is 3.15. The second-order valence-corrected chi connectivity index (χ2v) is 4.33. The summed E-state index contributed by atoms with van der Waals surface area (Å²) in [5.74, 6) is 0.916. The highest BCUT2D eigenvalue weighted by Crippen LogP contribution is 2.48. The van der Waals surface area contributed by atoms with Crippen LogP contribution in [0.25, 0.3) is 0 Å². The number of rotatable bonds is 4. The quantitative estimate of drug-likeness (QED) is 0.792. The molecule has 0 atom stereocenters. The summed E-state index contributed by atoms with van der Waals surface area (Å²) in [6, 6.07) is 5.31. The van der Waals surface area contributed by atoms with Gasteiger partial charge in [0.2, 0.25) is 0 Å². The number of aliphatic hydroxyl groups excluding tert-OH is 1. The zero-order chi connectivity index (χ0) is 10.9. The van der Waals surface area contributed by atoms with Gasteiger partial charge in [0.15, 0.2) is 0 Å². The van der Waals surface area contributed by atoms with Gasteiger partial charge >= 0.3 is 0 Å². The molecule has 15 heavy (non-hydrogen) atoms. The Balaban J connectivity index is 2.15. The molecule has 1 fully saturated rings. The standard InChI is InChI=1S/C12H16O3/c1-15-10-3-2-9(11(14)6-10)7-12(8-13)4-5-12/h2-3,6,13-14H,4-5,7-8H2,1H3. The van der Waals surface area contributed by atoms with E-state index in [-0.39, 0.29) is 17.8 Å². The summed E-state index contributed by atoms with van der Waals surface area (Å²) < 4.78 is 5.01. The first-order valence-corrected chi connectivity index (χ1v) is 5.16. The third-order valence-electron chi connectivity index (χ3n) is 3.15. The average molecular weight is 208 g/mol. The number of hydrogen-bond donors (Lipinski definition) is 2. The molecule has 1 aliphatic rings. The molecule has 1 saturated carbocycles. The molecular weight excluding hydrogens is 192 g/mol. The van der Waals surface area contributed by atoms with E-state index in [2.05, 4.69) is 0 Å². The number of aliphatic hydroxyl groups is 1. The molecule has 0 aliphatic heterocycles. The van der Waals surface area contributed by atoms with Gasteiger partial charge < -0.3 is 14.9 Å². The van der Waals surface area contributed by atoms with Crippen molar-refractivity contribution in [1.82, 2.24) is 0 Å². The summed E-state index contributed by atoms with van der Waals surface area (Å²) >= 11 is 0. The van der Waals surface area contributed by atoms with Crippen LogP contribution in [0.15, 0.2) is 18.2 Å². The van der Waals surface area contributed by atoms with E-state index in [4.69, 9.17) is 4.74 Å². The number of aromatic hydroxyl groups is 1. The molecule has 1 aromatic carbocycles. The molecule has 0 amide bonds. The van der Waals surface area contributed by atoms with Crippen LogP contribution in [0.2, 0.25) is 0 Å². The first-order valence-electron chi connectivity index (χ1n) is 5.16. The molecule has 0 radical (unpaired) electrons. The normalized spacial score (nSPS) is 17.5. The van der Waals surface area contributed by atoms with Gasteiger partial charge in [0.1, 0.15) is 11.5 Å². The summed E-state index contributed by atoms with van der Waals surface area (Å²) in [6.07, 6.45) is 2.85. The first-order chi connectivity index (χ1) is 7.19. The van der Waals surface area contributed by atoms with Crippen molar-refractivity contribution in [1.29, 1.82) is 0 Å². The summed E-state index contributed by atoms with van der Waals surface area (Å²) in [4.78, 5) is 0. The highest BCUT2D eigenvalue weighted by atomic mass is 16.5. The minimum absolute atomic E-state index is 0.0338. The van der Waals surface area contributed by atoms with Crippen molar-refractivity contribution in [3.8, 4) is 11.5 Å². The Kier molecular flexibility index (Phi) is 2.57. The number of ether oxygens (including phenoxy) is 1. The van der Waals surface area contributed by atoms with Gasteiger partial charge in [-0.05, 0) is 36.3 Å². The Morgan fingerprint density at radius 3 is 2.60 bits per heavy atom. The Bertz CT molecular complexity index is 356. The van der Waals surface area contributed by atoms with Crippen LogP contribution >= 0.6 is 0 Å². The first kappa shape index (κ1) is 10.3. The maximum atomic E-state index is 9.75. The lowest BCUT2D eigenvalue weighted by Crippen LogP contribution is -2.10. The van der Waals surface area contributed by atoms with Crippen molar-refractivity contribution in [2.75, 3.05) is 13.7 Å². The van der Waals surface area contributed by atoms with Gasteiger partial charge in [-0.3, -0.25) is 0 Å². The zero-order valence-corrected chi connectivity index (χ0v) is 8.86. The second kappa shape index (κ2) is 3.74. The average Bonchev–Trinajstić information content (AvgIpc) is 3.02. The van der Waals surface area contributed by atoms with Gasteiger partial charge in [-0.25, -0.2) is 0 Å². The Hall–Kier alpha value is -1.22. The Morgan fingerprint density at radius 1 is 1.40 bits per heavy atom. The van der Waals surface area contributed by atoms with Crippen LogP contribution in [0.1, 0.15) is 18.4 Å². The van der Waals surface area contributed by atoms with Crippen molar-refractivity contribution in [3.05, 3.63) is 23.8 Å². The van der Waals surface area contributed by atoms with Crippen molar-refractivity contribution < 1.29 is 14.9 Å². The predicted molar refractivity (Wildman–Crippen MR) is 57.1 cm³/mol. The Labute approximate surface area is 89.3 Å². The summed E-state index contributed by atoms with van der Waals surface area (Å²) in [7, 11) is 1.57. The van der Waals surface area contributed by atoms with E-state index in [1.54, 1.807) is 13.2 Å². The lowest BCUT2D eigenvalue weighted by Gasteiger charge is -2.13. The van der Waals surface area contributed by atoms with Gasteiger partial charge in [-0.15, -0.1) is 0 Å². The molecular formula is C12H16O3. The highest BCUT2D eigenvalue weighted by molar-refractivity contribution is 5.40. The maximum Gasteiger partial charge on any atom is 0.122 e. The van der Waals surface area contributed by atoms with E-state index in [1.165, 1.54) is 0 Å². The van der Waals surface area contributed by atoms with E-state index < -0.39 is 0 Å². The SMILES string of the molecule is COc1ccc(CC2(CO)CC2)c(O)c1. The monoisotopic (exact) mass is 208 g/mol. The minimum atomic E-state index is 0.0338. The molecule has 0 aromatic heterocycles. The van der Waals surface area contributed by atoms with Crippen LogP contribution in [0.5, 0.6) is 11.5 Å². The Morgan fingerprint density at radius 2 is 2.13 bits per heavy atom. The third kappa shape index (κ3) is 2.07.